The number of carboxylic acid groups (broad SMARTS) is 1. The predicted octanol–water partition coefficient (Wildman–Crippen LogP) is 1.94. The van der Waals surface area contributed by atoms with Gasteiger partial charge in [0.05, 0.1) is 11.1 Å². The Bertz CT molecular complexity index is 332. The average Bonchev–Trinajstić information content (AvgIpc) is 2.08. The van der Waals surface area contributed by atoms with Gasteiger partial charge in [0.2, 0.25) is 0 Å². The number of hydrogen-bond donors (Lipinski definition) is 1. The number of nitrogens with zero attached hydrogens (tertiary/aromatic N) is 1. The smallest absolute Gasteiger partial charge is 0.358 e. The van der Waals surface area contributed by atoms with Gasteiger partial charge in [0.25, 0.3) is 0 Å². The van der Waals surface area contributed by atoms with E-state index in [4.69, 9.17) is 9.84 Å². The van der Waals surface area contributed by atoms with Gasteiger partial charge in [0, 0.05) is 25.7 Å². The molecule has 1 aromatic rings. The second-order valence-electron chi connectivity index (χ2n) is 2.21. The topological polar surface area (TPSA) is 59.4 Å². The third kappa shape index (κ3) is 3.03. The van der Waals surface area contributed by atoms with Gasteiger partial charge in [-0.1, -0.05) is 0 Å². The molecule has 1 rings (SSSR count). The van der Waals surface area contributed by atoms with E-state index < -0.39 is 5.97 Å². The van der Waals surface area contributed by atoms with Crippen molar-refractivity contribution in [2.24, 2.45) is 0 Å². The maximum atomic E-state index is 10.7. The van der Waals surface area contributed by atoms with E-state index in [2.05, 4.69) is 20.9 Å². The molecule has 72 valence electrons. The maximum Gasteiger partial charge on any atom is 0.358 e. The van der Waals surface area contributed by atoms with Gasteiger partial charge in [0.15, 0.2) is 11.4 Å². The number of aromatic carboxylic acids is 1. The summed E-state index contributed by atoms with van der Waals surface area (Å²) < 4.78 is 5.74. The largest absolute Gasteiger partial charge is 0.490 e. The Morgan fingerprint density at radius 3 is 2.86 bits per heavy atom. The predicted molar refractivity (Wildman–Crippen MR) is 50.1 cm³/mol. The first kappa shape index (κ1) is 13.5. The van der Waals surface area contributed by atoms with E-state index >= 15 is 0 Å². The van der Waals surface area contributed by atoms with Crippen LogP contribution in [0.1, 0.15) is 17.4 Å². The number of ether oxygens (including phenoxy) is 1. The van der Waals surface area contributed by atoms with E-state index in [0.29, 0.717) is 11.1 Å². The monoisotopic (exact) mass is 309 g/mol. The van der Waals surface area contributed by atoms with Crippen LogP contribution in [0.3, 0.4) is 0 Å². The fourth-order valence-corrected chi connectivity index (χ4v) is 1.28. The van der Waals surface area contributed by atoms with Crippen LogP contribution in [0.2, 0.25) is 0 Å². The molecule has 0 saturated heterocycles. The summed E-state index contributed by atoms with van der Waals surface area (Å²) in [7, 11) is 0. The van der Waals surface area contributed by atoms with Gasteiger partial charge < -0.3 is 9.84 Å². The molecule has 0 fully saturated rings. The van der Waals surface area contributed by atoms with Crippen molar-refractivity contribution in [1.82, 2.24) is 4.98 Å². The zero-order valence-corrected chi connectivity index (χ0v) is 12.2. The van der Waals surface area contributed by atoms with E-state index in [-0.39, 0.29) is 30.9 Å². The first-order chi connectivity index (χ1) is 6.16. The average molecular weight is 311 g/mol. The van der Waals surface area contributed by atoms with Crippen LogP contribution in [-0.2, 0) is 19.5 Å². The van der Waals surface area contributed by atoms with Crippen molar-refractivity contribution >= 4 is 21.9 Å². The molecule has 1 aromatic heterocycles. The molecule has 0 bridgehead atoms. The second-order valence-corrected chi connectivity index (χ2v) is 3.06. The summed E-state index contributed by atoms with van der Waals surface area (Å²) in [5, 5.41) is 8.75. The first-order valence-corrected chi connectivity index (χ1v) is 4.46. The molecule has 0 amide bonds. The van der Waals surface area contributed by atoms with Gasteiger partial charge in [-0.05, 0) is 28.9 Å². The van der Waals surface area contributed by atoms with Crippen LogP contribution < -0.4 is 4.74 Å². The van der Waals surface area contributed by atoms with Gasteiger partial charge in [-0.25, -0.2) is 9.78 Å². The van der Waals surface area contributed by atoms with Crippen LogP contribution in [0.25, 0.3) is 0 Å². The Kier molecular flexibility index (Phi) is 5.88. The minimum Gasteiger partial charge on any atom is -0.490 e. The third-order valence-corrected chi connectivity index (χ3v) is 1.97. The number of pyridine rings is 1. The van der Waals surface area contributed by atoms with Crippen molar-refractivity contribution in [2.75, 3.05) is 6.61 Å². The normalized spacial score (nSPS) is 9.00. The molecule has 0 spiro atoms. The van der Waals surface area contributed by atoms with Crippen LogP contribution in [0.5, 0.6) is 5.75 Å². The molecule has 0 atom stereocenters. The van der Waals surface area contributed by atoms with Crippen LogP contribution >= 0.6 is 15.9 Å². The summed E-state index contributed by atoms with van der Waals surface area (Å²) >= 11 is 3.19. The molecule has 14 heavy (non-hydrogen) atoms. The molecule has 0 aliphatic rings. The number of rotatable bonds is 3. The number of hydrogen-bond acceptors (Lipinski definition) is 3. The number of carboxylic acids is 1. The molecule has 0 unspecified atom stereocenters. The van der Waals surface area contributed by atoms with E-state index in [9.17, 15) is 4.79 Å². The van der Waals surface area contributed by atoms with Gasteiger partial charge in [0.1, 0.15) is 0 Å². The fraction of sp³-hybridized carbons (Fsp3) is 0.250. The molecule has 0 aliphatic heterocycles. The minimum atomic E-state index is -1.09. The molecule has 4 nitrogen and oxygen atoms in total. The first-order valence-electron chi connectivity index (χ1n) is 3.67. The summed E-state index contributed by atoms with van der Waals surface area (Å²) in [6, 6.07) is 1.64. The summed E-state index contributed by atoms with van der Waals surface area (Å²) in [6.45, 7) is 2.19. The van der Waals surface area contributed by atoms with Crippen LogP contribution in [0, 0.1) is 0 Å². The molecule has 1 N–H and O–H groups in total. The van der Waals surface area contributed by atoms with E-state index in [1.165, 1.54) is 6.20 Å². The minimum absolute atomic E-state index is 0. The van der Waals surface area contributed by atoms with Crippen molar-refractivity contribution in [2.45, 2.75) is 6.92 Å². The maximum absolute atomic E-state index is 10.7. The van der Waals surface area contributed by atoms with Crippen molar-refractivity contribution in [1.29, 1.82) is 0 Å². The zero-order chi connectivity index (χ0) is 9.84. The van der Waals surface area contributed by atoms with Crippen LogP contribution in [0.15, 0.2) is 16.7 Å². The summed E-state index contributed by atoms with van der Waals surface area (Å²) in [5.74, 6) is -0.817. The molecular weight excluding hydrogens is 303 g/mol. The van der Waals surface area contributed by atoms with Crippen molar-refractivity contribution in [3.8, 4) is 5.75 Å². The van der Waals surface area contributed by atoms with Crippen LogP contribution in [0.4, 0.5) is 0 Å². The van der Waals surface area contributed by atoms with Gasteiger partial charge in [-0.3, -0.25) is 0 Å². The third-order valence-electron chi connectivity index (χ3n) is 1.35. The molecule has 0 radical (unpaired) electrons. The number of carbonyl (C=O) groups is 1. The Balaban J connectivity index is 0.00000169. The second kappa shape index (κ2) is 6.09. The molecule has 0 aliphatic carbocycles. The van der Waals surface area contributed by atoms with Gasteiger partial charge in [-0.15, -0.1) is 0 Å². The van der Waals surface area contributed by atoms with Gasteiger partial charge in [-0.2, -0.15) is 0 Å². The summed E-state index contributed by atoms with van der Waals surface area (Å²) in [5.41, 5.74) is -0.0729. The molecular formula is C8H8BrNO3Zn. The molecule has 6 heteroatoms. The number of aromatic nitrogens is 1. The molecule has 0 saturated carbocycles. The summed E-state index contributed by atoms with van der Waals surface area (Å²) in [6.07, 6.45) is 1.41. The van der Waals surface area contributed by atoms with E-state index in [1.807, 2.05) is 0 Å². The van der Waals surface area contributed by atoms with Crippen molar-refractivity contribution in [3.63, 3.8) is 0 Å². The van der Waals surface area contributed by atoms with Crippen molar-refractivity contribution < 1.29 is 34.1 Å². The Morgan fingerprint density at radius 1 is 1.71 bits per heavy atom. The van der Waals surface area contributed by atoms with E-state index in [1.54, 1.807) is 13.0 Å². The quantitative estimate of drug-likeness (QED) is 0.867. The Morgan fingerprint density at radius 2 is 2.36 bits per heavy atom. The fourth-order valence-electron chi connectivity index (χ4n) is 0.859. The van der Waals surface area contributed by atoms with E-state index in [0.717, 1.165) is 0 Å². The Hall–Kier alpha value is -0.477. The summed E-state index contributed by atoms with van der Waals surface area (Å²) in [4.78, 5) is 14.4. The molecule has 1 heterocycles. The van der Waals surface area contributed by atoms with Crippen LogP contribution in [-0.4, -0.2) is 22.7 Å². The van der Waals surface area contributed by atoms with Gasteiger partial charge >= 0.3 is 5.97 Å². The SMILES string of the molecule is CCOc1c(Br)ccnc1C(=O)O.[Zn]. The van der Waals surface area contributed by atoms with Crippen molar-refractivity contribution in [3.05, 3.63) is 22.4 Å². The number of halogens is 1. The zero-order valence-electron chi connectivity index (χ0n) is 7.66. The Labute approximate surface area is 103 Å². The standard InChI is InChI=1S/C8H8BrNO3.Zn/c1-2-13-7-5(9)3-4-10-6(7)8(11)12;/h3-4H,2H2,1H3,(H,11,12);. The molecule has 0 aromatic carbocycles.